The van der Waals surface area contributed by atoms with Gasteiger partial charge in [0.05, 0.1) is 6.04 Å². The second kappa shape index (κ2) is 9.02. The molecule has 0 radical (unpaired) electrons. The first-order valence-corrected chi connectivity index (χ1v) is 10.2. The van der Waals surface area contributed by atoms with Crippen molar-refractivity contribution in [3.05, 3.63) is 68.8 Å². The molecule has 6 nitrogen and oxygen atoms in total. The van der Waals surface area contributed by atoms with E-state index >= 15 is 0 Å². The van der Waals surface area contributed by atoms with E-state index in [9.17, 15) is 19.8 Å². The van der Waals surface area contributed by atoms with Gasteiger partial charge in [0.15, 0.2) is 12.2 Å². The smallest absolute Gasteiger partial charge is 0.255 e. The van der Waals surface area contributed by atoms with Gasteiger partial charge in [0.2, 0.25) is 0 Å². The minimum atomic E-state index is -1.82. The zero-order valence-corrected chi connectivity index (χ0v) is 17.7. The number of aliphatic hydroxyl groups excluding tert-OH is 2. The first kappa shape index (κ1) is 20.8. The fourth-order valence-corrected chi connectivity index (χ4v) is 3.87. The summed E-state index contributed by atoms with van der Waals surface area (Å²) in [5.74, 6) is -1.41. The average Bonchev–Trinajstić information content (AvgIpc) is 2.71. The number of carbonyl (C=O) groups excluding carboxylic acids is 2. The van der Waals surface area contributed by atoms with Gasteiger partial charge in [0, 0.05) is 16.7 Å². The van der Waals surface area contributed by atoms with Crippen LogP contribution in [0.2, 0.25) is 0 Å². The monoisotopic (exact) mass is 494 g/mol. The number of halogens is 1. The summed E-state index contributed by atoms with van der Waals surface area (Å²) in [5, 5.41) is 23.2. The predicted octanol–water partition coefficient (Wildman–Crippen LogP) is 1.78. The summed E-state index contributed by atoms with van der Waals surface area (Å²) in [5.41, 5.74) is 3.06. The zero-order chi connectivity index (χ0) is 20.3. The third-order valence-electron chi connectivity index (χ3n) is 4.97. The highest BCUT2D eigenvalue weighted by molar-refractivity contribution is 14.1. The lowest BCUT2D eigenvalue weighted by atomic mass is 9.99. The van der Waals surface area contributed by atoms with E-state index < -0.39 is 24.0 Å². The van der Waals surface area contributed by atoms with Crippen molar-refractivity contribution in [2.75, 3.05) is 6.54 Å². The quantitative estimate of drug-likeness (QED) is 0.553. The molecule has 2 aromatic rings. The SMILES string of the molecule is C[C@H](NC(=O)C(O)C(O)C(=O)N1CCc2ccccc2C1)c1cccc(I)c1. The van der Waals surface area contributed by atoms with Crippen LogP contribution in [-0.4, -0.2) is 45.7 Å². The lowest BCUT2D eigenvalue weighted by Gasteiger charge is -2.31. The summed E-state index contributed by atoms with van der Waals surface area (Å²) in [4.78, 5) is 26.4. The molecule has 2 aromatic carbocycles. The Labute approximate surface area is 177 Å². The maximum atomic E-state index is 12.6. The van der Waals surface area contributed by atoms with Gasteiger partial charge in [-0.1, -0.05) is 36.4 Å². The zero-order valence-electron chi connectivity index (χ0n) is 15.5. The van der Waals surface area contributed by atoms with Gasteiger partial charge < -0.3 is 20.4 Å². The number of aliphatic hydroxyl groups is 2. The molecule has 1 aliphatic heterocycles. The van der Waals surface area contributed by atoms with E-state index in [1.807, 2.05) is 48.5 Å². The number of carbonyl (C=O) groups is 2. The molecular weight excluding hydrogens is 471 g/mol. The average molecular weight is 494 g/mol. The van der Waals surface area contributed by atoms with Crippen LogP contribution in [0.3, 0.4) is 0 Å². The lowest BCUT2D eigenvalue weighted by molar-refractivity contribution is -0.154. The van der Waals surface area contributed by atoms with Crippen molar-refractivity contribution in [3.63, 3.8) is 0 Å². The summed E-state index contributed by atoms with van der Waals surface area (Å²) in [6.45, 7) is 2.59. The van der Waals surface area contributed by atoms with E-state index in [-0.39, 0.29) is 6.04 Å². The van der Waals surface area contributed by atoms with Crippen LogP contribution in [0.4, 0.5) is 0 Å². The molecule has 1 aliphatic rings. The largest absolute Gasteiger partial charge is 0.380 e. The van der Waals surface area contributed by atoms with Crippen LogP contribution in [0, 0.1) is 3.57 Å². The molecule has 148 valence electrons. The van der Waals surface area contributed by atoms with Crippen LogP contribution < -0.4 is 5.32 Å². The molecular formula is C21H23IN2O4. The normalized spacial score (nSPS) is 16.6. The lowest BCUT2D eigenvalue weighted by Crippen LogP contribution is -2.51. The van der Waals surface area contributed by atoms with E-state index in [1.54, 1.807) is 6.92 Å². The molecule has 3 N–H and O–H groups in total. The number of hydrogen-bond acceptors (Lipinski definition) is 4. The molecule has 0 spiro atoms. The number of rotatable bonds is 5. The van der Waals surface area contributed by atoms with Gasteiger partial charge in [-0.15, -0.1) is 0 Å². The minimum Gasteiger partial charge on any atom is -0.380 e. The maximum absolute atomic E-state index is 12.6. The van der Waals surface area contributed by atoms with E-state index in [2.05, 4.69) is 27.9 Å². The van der Waals surface area contributed by atoms with Gasteiger partial charge in [0.25, 0.3) is 11.8 Å². The third kappa shape index (κ3) is 4.71. The van der Waals surface area contributed by atoms with Crippen LogP contribution >= 0.6 is 22.6 Å². The Morgan fingerprint density at radius 1 is 1.07 bits per heavy atom. The highest BCUT2D eigenvalue weighted by atomic mass is 127. The molecule has 7 heteroatoms. The molecule has 3 rings (SSSR count). The topological polar surface area (TPSA) is 89.9 Å². The van der Waals surface area contributed by atoms with Crippen molar-refractivity contribution < 1.29 is 19.8 Å². The van der Waals surface area contributed by atoms with Crippen LogP contribution in [0.1, 0.15) is 29.7 Å². The molecule has 0 saturated carbocycles. The van der Waals surface area contributed by atoms with Crippen molar-refractivity contribution in [3.8, 4) is 0 Å². The first-order valence-electron chi connectivity index (χ1n) is 9.14. The summed E-state index contributed by atoms with van der Waals surface area (Å²) in [6.07, 6.45) is -2.94. The van der Waals surface area contributed by atoms with Gasteiger partial charge in [-0.05, 0) is 64.8 Å². The summed E-state index contributed by atoms with van der Waals surface area (Å²) < 4.78 is 1.03. The Balaban J connectivity index is 1.61. The van der Waals surface area contributed by atoms with Crippen molar-refractivity contribution in [2.45, 2.75) is 38.1 Å². The van der Waals surface area contributed by atoms with Gasteiger partial charge in [0.1, 0.15) is 0 Å². The number of nitrogens with one attached hydrogen (secondary N) is 1. The Hall–Kier alpha value is -1.97. The number of benzene rings is 2. The van der Waals surface area contributed by atoms with Crippen molar-refractivity contribution in [1.82, 2.24) is 10.2 Å². The molecule has 1 heterocycles. The fourth-order valence-electron chi connectivity index (χ4n) is 3.31. The molecule has 2 amide bonds. The molecule has 0 aliphatic carbocycles. The Morgan fingerprint density at radius 3 is 2.50 bits per heavy atom. The van der Waals surface area contributed by atoms with Crippen molar-refractivity contribution >= 4 is 34.4 Å². The number of nitrogens with zero attached hydrogens (tertiary/aromatic N) is 1. The maximum Gasteiger partial charge on any atom is 0.255 e. The van der Waals surface area contributed by atoms with E-state index in [1.165, 1.54) is 10.5 Å². The molecule has 0 bridgehead atoms. The first-order chi connectivity index (χ1) is 13.4. The highest BCUT2D eigenvalue weighted by Crippen LogP contribution is 2.20. The van der Waals surface area contributed by atoms with E-state index in [0.29, 0.717) is 19.5 Å². The van der Waals surface area contributed by atoms with Crippen LogP contribution in [0.25, 0.3) is 0 Å². The standard InChI is InChI=1S/C21H23IN2O4/c1-13(15-7-4-8-17(22)11-15)23-20(27)18(25)19(26)21(28)24-10-9-14-5-2-3-6-16(14)12-24/h2-8,11,13,18-19,25-26H,9-10,12H2,1H3,(H,23,27)/t13-,18?,19?/m0/s1. The van der Waals surface area contributed by atoms with Crippen molar-refractivity contribution in [2.24, 2.45) is 0 Å². The molecule has 0 saturated heterocycles. The third-order valence-corrected chi connectivity index (χ3v) is 5.64. The predicted molar refractivity (Wildman–Crippen MR) is 113 cm³/mol. The summed E-state index contributed by atoms with van der Waals surface area (Å²) >= 11 is 2.18. The highest BCUT2D eigenvalue weighted by Gasteiger charge is 2.35. The Morgan fingerprint density at radius 2 is 1.79 bits per heavy atom. The van der Waals surface area contributed by atoms with Crippen LogP contribution in [0.15, 0.2) is 48.5 Å². The molecule has 28 heavy (non-hydrogen) atoms. The van der Waals surface area contributed by atoms with Crippen LogP contribution in [0.5, 0.6) is 0 Å². The van der Waals surface area contributed by atoms with Crippen LogP contribution in [-0.2, 0) is 22.6 Å². The number of amides is 2. The van der Waals surface area contributed by atoms with Gasteiger partial charge >= 0.3 is 0 Å². The number of fused-ring (bicyclic) bond motifs is 1. The van der Waals surface area contributed by atoms with Gasteiger partial charge in [-0.2, -0.15) is 0 Å². The second-order valence-corrected chi connectivity index (χ2v) is 8.20. The van der Waals surface area contributed by atoms with Gasteiger partial charge in [-0.25, -0.2) is 0 Å². The Bertz CT molecular complexity index is 873. The summed E-state index contributed by atoms with van der Waals surface area (Å²) in [6, 6.07) is 15.0. The molecule has 0 fully saturated rings. The molecule has 3 atom stereocenters. The molecule has 0 aromatic heterocycles. The fraction of sp³-hybridized carbons (Fsp3) is 0.333. The molecule has 2 unspecified atom stereocenters. The number of hydrogen-bond donors (Lipinski definition) is 3. The van der Waals surface area contributed by atoms with Gasteiger partial charge in [-0.3, -0.25) is 9.59 Å². The second-order valence-electron chi connectivity index (χ2n) is 6.95. The summed E-state index contributed by atoms with van der Waals surface area (Å²) in [7, 11) is 0. The minimum absolute atomic E-state index is 0.360. The van der Waals surface area contributed by atoms with E-state index in [4.69, 9.17) is 0 Å². The Kier molecular flexibility index (Phi) is 6.69. The van der Waals surface area contributed by atoms with E-state index in [0.717, 1.165) is 14.7 Å². The van der Waals surface area contributed by atoms with Crippen molar-refractivity contribution in [1.29, 1.82) is 0 Å².